The SMILES string of the molecule is Cc1ccc(/C=c2/sc3nc(-c4cccc(C)c4)nn3c2=O)cc1. The molecule has 0 unspecified atom stereocenters. The van der Waals surface area contributed by atoms with E-state index in [0.717, 1.165) is 16.7 Å². The molecule has 4 aromatic rings. The van der Waals surface area contributed by atoms with Crippen LogP contribution in [-0.2, 0) is 0 Å². The van der Waals surface area contributed by atoms with Gasteiger partial charge < -0.3 is 0 Å². The van der Waals surface area contributed by atoms with Crippen LogP contribution in [0.3, 0.4) is 0 Å². The van der Waals surface area contributed by atoms with Gasteiger partial charge in [-0.1, -0.05) is 64.9 Å². The summed E-state index contributed by atoms with van der Waals surface area (Å²) in [7, 11) is 0. The molecule has 0 aliphatic rings. The maximum absolute atomic E-state index is 12.6. The van der Waals surface area contributed by atoms with Gasteiger partial charge in [-0.05, 0) is 31.6 Å². The van der Waals surface area contributed by atoms with Crippen molar-refractivity contribution in [3.63, 3.8) is 0 Å². The summed E-state index contributed by atoms with van der Waals surface area (Å²) in [6, 6.07) is 16.0. The molecule has 0 atom stereocenters. The third-order valence-electron chi connectivity index (χ3n) is 3.83. The van der Waals surface area contributed by atoms with Crippen LogP contribution in [0.5, 0.6) is 0 Å². The predicted molar refractivity (Wildman–Crippen MR) is 97.3 cm³/mol. The molecular weight excluding hydrogens is 318 g/mol. The maximum atomic E-state index is 12.6. The lowest BCUT2D eigenvalue weighted by molar-refractivity contribution is 0.936. The maximum Gasteiger partial charge on any atom is 0.291 e. The van der Waals surface area contributed by atoms with Crippen molar-refractivity contribution in [1.82, 2.24) is 14.6 Å². The van der Waals surface area contributed by atoms with E-state index in [1.54, 1.807) is 0 Å². The molecule has 0 aliphatic carbocycles. The van der Waals surface area contributed by atoms with E-state index in [1.807, 2.05) is 68.5 Å². The van der Waals surface area contributed by atoms with E-state index in [9.17, 15) is 4.79 Å². The lowest BCUT2D eigenvalue weighted by Crippen LogP contribution is -2.23. The average molecular weight is 333 g/mol. The summed E-state index contributed by atoms with van der Waals surface area (Å²) in [6.07, 6.45) is 1.88. The Bertz CT molecular complexity index is 1140. The number of aromatic nitrogens is 3. The van der Waals surface area contributed by atoms with Crippen LogP contribution >= 0.6 is 11.3 Å². The summed E-state index contributed by atoms with van der Waals surface area (Å²) in [5, 5.41) is 4.38. The third-order valence-corrected chi connectivity index (χ3v) is 4.79. The van der Waals surface area contributed by atoms with Gasteiger partial charge in [0, 0.05) is 5.56 Å². The molecule has 0 aliphatic heterocycles. The van der Waals surface area contributed by atoms with E-state index >= 15 is 0 Å². The van der Waals surface area contributed by atoms with Crippen LogP contribution in [0, 0.1) is 13.8 Å². The summed E-state index contributed by atoms with van der Waals surface area (Å²) in [4.78, 5) is 17.7. The highest BCUT2D eigenvalue weighted by Gasteiger charge is 2.11. The van der Waals surface area contributed by atoms with E-state index in [-0.39, 0.29) is 5.56 Å². The fourth-order valence-electron chi connectivity index (χ4n) is 2.55. The molecule has 0 amide bonds. The molecule has 0 bridgehead atoms. The fraction of sp³-hybridized carbons (Fsp3) is 0.105. The van der Waals surface area contributed by atoms with Gasteiger partial charge in [0.15, 0.2) is 5.82 Å². The number of aryl methyl sites for hydroxylation is 2. The third kappa shape index (κ3) is 2.63. The largest absolute Gasteiger partial charge is 0.291 e. The van der Waals surface area contributed by atoms with E-state index in [4.69, 9.17) is 0 Å². The van der Waals surface area contributed by atoms with Crippen LogP contribution in [0.2, 0.25) is 0 Å². The Morgan fingerprint density at radius 1 is 1.04 bits per heavy atom. The zero-order valence-corrected chi connectivity index (χ0v) is 14.2. The molecule has 4 rings (SSSR count). The summed E-state index contributed by atoms with van der Waals surface area (Å²) in [6.45, 7) is 4.06. The smallest absolute Gasteiger partial charge is 0.266 e. The van der Waals surface area contributed by atoms with Gasteiger partial charge in [0.1, 0.15) is 0 Å². The molecule has 24 heavy (non-hydrogen) atoms. The van der Waals surface area contributed by atoms with Gasteiger partial charge >= 0.3 is 0 Å². The number of hydrogen-bond acceptors (Lipinski definition) is 4. The first-order valence-electron chi connectivity index (χ1n) is 7.65. The van der Waals surface area contributed by atoms with Gasteiger partial charge in [-0.2, -0.15) is 9.50 Å². The molecule has 2 aromatic heterocycles. The van der Waals surface area contributed by atoms with Crippen molar-refractivity contribution in [2.75, 3.05) is 0 Å². The lowest BCUT2D eigenvalue weighted by Gasteiger charge is -1.95. The number of nitrogens with zero attached hydrogens (tertiary/aromatic N) is 3. The number of hydrogen-bond donors (Lipinski definition) is 0. The van der Waals surface area contributed by atoms with Crippen molar-refractivity contribution >= 4 is 22.4 Å². The van der Waals surface area contributed by atoms with E-state index in [0.29, 0.717) is 15.3 Å². The van der Waals surface area contributed by atoms with Crippen LogP contribution in [0.15, 0.2) is 53.3 Å². The molecule has 0 N–H and O–H groups in total. The Balaban J connectivity index is 1.81. The number of rotatable bonds is 2. The fourth-order valence-corrected chi connectivity index (χ4v) is 3.46. The van der Waals surface area contributed by atoms with E-state index in [2.05, 4.69) is 10.1 Å². The Labute approximate surface area is 142 Å². The van der Waals surface area contributed by atoms with Crippen molar-refractivity contribution in [2.24, 2.45) is 0 Å². The van der Waals surface area contributed by atoms with Crippen LogP contribution in [0.4, 0.5) is 0 Å². The van der Waals surface area contributed by atoms with Gasteiger partial charge in [-0.15, -0.1) is 5.10 Å². The summed E-state index contributed by atoms with van der Waals surface area (Å²) in [5.74, 6) is 0.587. The van der Waals surface area contributed by atoms with Gasteiger partial charge in [-0.3, -0.25) is 4.79 Å². The molecule has 2 aromatic carbocycles. The van der Waals surface area contributed by atoms with Crippen LogP contribution in [0.1, 0.15) is 16.7 Å². The van der Waals surface area contributed by atoms with Crippen LogP contribution in [0.25, 0.3) is 22.4 Å². The summed E-state index contributed by atoms with van der Waals surface area (Å²) < 4.78 is 2.03. The highest BCUT2D eigenvalue weighted by atomic mass is 32.1. The Kier molecular flexibility index (Phi) is 3.50. The minimum Gasteiger partial charge on any atom is -0.266 e. The van der Waals surface area contributed by atoms with Crippen LogP contribution < -0.4 is 10.1 Å². The first-order valence-corrected chi connectivity index (χ1v) is 8.47. The highest BCUT2D eigenvalue weighted by molar-refractivity contribution is 7.15. The van der Waals surface area contributed by atoms with E-state index in [1.165, 1.54) is 21.4 Å². The standard InChI is InChI=1S/C19H15N3OS/c1-12-6-8-14(9-7-12)11-16-18(23)22-19(24-16)20-17(21-22)15-5-3-4-13(2)10-15/h3-11H,1-2H3/b16-11+. The van der Waals surface area contributed by atoms with E-state index < -0.39 is 0 Å². The molecule has 0 spiro atoms. The van der Waals surface area contributed by atoms with Crippen molar-refractivity contribution in [1.29, 1.82) is 0 Å². The highest BCUT2D eigenvalue weighted by Crippen LogP contribution is 2.17. The van der Waals surface area contributed by atoms with Crippen molar-refractivity contribution in [2.45, 2.75) is 13.8 Å². The average Bonchev–Trinajstić information content (AvgIpc) is 3.10. The number of thiazole rings is 1. The van der Waals surface area contributed by atoms with Gasteiger partial charge in [0.05, 0.1) is 4.53 Å². The molecule has 4 nitrogen and oxygen atoms in total. The second-order valence-electron chi connectivity index (χ2n) is 5.83. The molecule has 2 heterocycles. The first-order chi connectivity index (χ1) is 11.6. The molecule has 5 heteroatoms. The predicted octanol–water partition coefficient (Wildman–Crippen LogP) is 2.98. The van der Waals surface area contributed by atoms with Gasteiger partial charge in [0.25, 0.3) is 5.56 Å². The Hall–Kier alpha value is -2.79. The summed E-state index contributed by atoms with van der Waals surface area (Å²) >= 11 is 1.36. The Morgan fingerprint density at radius 2 is 1.83 bits per heavy atom. The monoisotopic (exact) mass is 333 g/mol. The molecule has 0 saturated carbocycles. The lowest BCUT2D eigenvalue weighted by atomic mass is 10.1. The minimum absolute atomic E-state index is 0.123. The van der Waals surface area contributed by atoms with Crippen LogP contribution in [-0.4, -0.2) is 14.6 Å². The minimum atomic E-state index is -0.123. The quantitative estimate of drug-likeness (QED) is 0.566. The zero-order valence-electron chi connectivity index (χ0n) is 13.4. The summed E-state index contributed by atoms with van der Waals surface area (Å²) in [5.41, 5.74) is 4.14. The van der Waals surface area contributed by atoms with Gasteiger partial charge in [0.2, 0.25) is 4.96 Å². The van der Waals surface area contributed by atoms with Crippen molar-refractivity contribution < 1.29 is 0 Å². The van der Waals surface area contributed by atoms with Crippen molar-refractivity contribution in [3.8, 4) is 11.4 Å². The molecule has 118 valence electrons. The zero-order chi connectivity index (χ0) is 16.7. The number of fused-ring (bicyclic) bond motifs is 1. The second-order valence-corrected chi connectivity index (χ2v) is 6.83. The van der Waals surface area contributed by atoms with Crippen molar-refractivity contribution in [3.05, 3.63) is 80.1 Å². The molecular formula is C19H15N3OS. The molecule has 0 radical (unpaired) electrons. The molecule has 0 saturated heterocycles. The van der Waals surface area contributed by atoms with Gasteiger partial charge in [-0.25, -0.2) is 0 Å². The normalized spacial score (nSPS) is 12.2. The Morgan fingerprint density at radius 3 is 2.54 bits per heavy atom. The topological polar surface area (TPSA) is 47.3 Å². The number of benzene rings is 2. The second kappa shape index (κ2) is 5.69. The molecule has 0 fully saturated rings. The first kappa shape index (κ1) is 14.8.